The van der Waals surface area contributed by atoms with Gasteiger partial charge >= 0.3 is 0 Å². The van der Waals surface area contributed by atoms with Gasteiger partial charge in [-0.2, -0.15) is 10.2 Å². The van der Waals surface area contributed by atoms with Crippen LogP contribution >= 0.6 is 0 Å². The molecular weight excluding hydrogens is 338 g/mol. The van der Waals surface area contributed by atoms with Crippen LogP contribution < -0.4 is 4.74 Å². The molecule has 1 aromatic carbocycles. The summed E-state index contributed by atoms with van der Waals surface area (Å²) < 4.78 is 13.1. The number of hydrogen-bond donors (Lipinski definition) is 2. The number of hydrogen-bond acceptors (Lipinski definition) is 8. The first-order valence-corrected chi connectivity index (χ1v) is 7.99. The van der Waals surface area contributed by atoms with Gasteiger partial charge in [0.2, 0.25) is 0 Å². The van der Waals surface area contributed by atoms with E-state index in [0.717, 1.165) is 0 Å². The third-order valence-electron chi connectivity index (χ3n) is 4.20. The minimum atomic E-state index is -0.756. The summed E-state index contributed by atoms with van der Waals surface area (Å²) in [4.78, 5) is 12.7. The Hall–Kier alpha value is -3.06. The van der Waals surface area contributed by atoms with Crippen LogP contribution in [0.5, 0.6) is 11.6 Å². The fraction of sp³-hybridized carbons (Fsp3) is 0.294. The van der Waals surface area contributed by atoms with Crippen molar-refractivity contribution in [3.63, 3.8) is 0 Å². The molecule has 2 aromatic heterocycles. The zero-order valence-corrected chi connectivity index (χ0v) is 13.6. The van der Waals surface area contributed by atoms with Gasteiger partial charge in [-0.05, 0) is 18.2 Å². The lowest BCUT2D eigenvalue weighted by Crippen LogP contribution is -2.24. The fourth-order valence-corrected chi connectivity index (χ4v) is 2.91. The van der Waals surface area contributed by atoms with Crippen LogP contribution in [-0.4, -0.2) is 48.5 Å². The number of rotatable bonds is 4. The molecule has 1 unspecified atom stereocenters. The average molecular weight is 353 g/mol. The van der Waals surface area contributed by atoms with Gasteiger partial charge in [0, 0.05) is 6.42 Å². The maximum atomic E-state index is 9.93. The van der Waals surface area contributed by atoms with Crippen LogP contribution in [0.3, 0.4) is 0 Å². The van der Waals surface area contributed by atoms with E-state index in [4.69, 9.17) is 14.7 Å². The molecule has 1 fully saturated rings. The quantitative estimate of drug-likeness (QED) is 0.715. The second-order valence-electron chi connectivity index (χ2n) is 5.86. The summed E-state index contributed by atoms with van der Waals surface area (Å²) in [6.07, 6.45) is 1.32. The minimum absolute atomic E-state index is 0.251. The van der Waals surface area contributed by atoms with Crippen molar-refractivity contribution in [3.8, 4) is 17.7 Å². The lowest BCUT2D eigenvalue weighted by atomic mass is 10.2. The Morgan fingerprint density at radius 2 is 2.23 bits per heavy atom. The van der Waals surface area contributed by atoms with Crippen molar-refractivity contribution < 1.29 is 19.7 Å². The molecule has 3 heterocycles. The van der Waals surface area contributed by atoms with Gasteiger partial charge in [-0.1, -0.05) is 6.07 Å². The van der Waals surface area contributed by atoms with Gasteiger partial charge in [0.1, 0.15) is 24.4 Å². The number of benzene rings is 1. The van der Waals surface area contributed by atoms with E-state index in [9.17, 15) is 10.2 Å². The van der Waals surface area contributed by atoms with Crippen molar-refractivity contribution in [2.75, 3.05) is 6.61 Å². The van der Waals surface area contributed by atoms with E-state index < -0.39 is 18.4 Å². The first-order valence-electron chi connectivity index (χ1n) is 7.99. The summed E-state index contributed by atoms with van der Waals surface area (Å²) in [6.45, 7) is -0.261. The molecule has 9 heteroatoms. The summed E-state index contributed by atoms with van der Waals surface area (Å²) in [5, 5.41) is 28.2. The Morgan fingerprint density at radius 3 is 3.00 bits per heavy atom. The second kappa shape index (κ2) is 6.68. The molecule has 3 aromatic rings. The van der Waals surface area contributed by atoms with E-state index in [2.05, 4.69) is 21.0 Å². The normalized spacial score (nSPS) is 22.4. The van der Waals surface area contributed by atoms with Crippen molar-refractivity contribution >= 4 is 11.2 Å². The van der Waals surface area contributed by atoms with E-state index in [1.54, 1.807) is 28.8 Å². The average Bonchev–Trinajstić information content (AvgIpc) is 3.25. The highest BCUT2D eigenvalue weighted by atomic mass is 16.5. The number of nitrogens with zero attached hydrogens (tertiary/aromatic N) is 5. The van der Waals surface area contributed by atoms with Crippen LogP contribution in [0.25, 0.3) is 11.2 Å². The van der Waals surface area contributed by atoms with Crippen LogP contribution in [0.1, 0.15) is 18.2 Å². The maximum Gasteiger partial charge on any atom is 0.250 e. The SMILES string of the molecule is N#Cc1cccc(Oc2ncnc3c2ncn3[C@H]2CC(O)[C@@H](CO)O2)c1. The number of aliphatic hydroxyl groups is 2. The lowest BCUT2D eigenvalue weighted by molar-refractivity contribution is -0.0432. The zero-order chi connectivity index (χ0) is 18.1. The number of fused-ring (bicyclic) bond motifs is 1. The molecular formula is C17H15N5O4. The van der Waals surface area contributed by atoms with Crippen molar-refractivity contribution in [3.05, 3.63) is 42.5 Å². The predicted molar refractivity (Wildman–Crippen MR) is 88.2 cm³/mol. The van der Waals surface area contributed by atoms with Crippen molar-refractivity contribution in [2.45, 2.75) is 24.9 Å². The number of aromatic nitrogens is 4. The van der Waals surface area contributed by atoms with Gasteiger partial charge in [-0.3, -0.25) is 4.57 Å². The van der Waals surface area contributed by atoms with Gasteiger partial charge in [-0.25, -0.2) is 9.97 Å². The van der Waals surface area contributed by atoms with E-state index in [1.165, 1.54) is 12.7 Å². The number of ether oxygens (including phenoxy) is 2. The van der Waals surface area contributed by atoms with Crippen LogP contribution in [0.4, 0.5) is 0 Å². The van der Waals surface area contributed by atoms with Crippen LogP contribution in [0, 0.1) is 11.3 Å². The first kappa shape index (κ1) is 16.4. The molecule has 1 aliphatic heterocycles. The largest absolute Gasteiger partial charge is 0.437 e. The summed E-state index contributed by atoms with van der Waals surface area (Å²) in [5.74, 6) is 0.715. The fourth-order valence-electron chi connectivity index (χ4n) is 2.91. The van der Waals surface area contributed by atoms with E-state index in [1.807, 2.05) is 0 Å². The smallest absolute Gasteiger partial charge is 0.250 e. The molecule has 0 aliphatic carbocycles. The molecule has 0 spiro atoms. The van der Waals surface area contributed by atoms with Crippen LogP contribution in [-0.2, 0) is 4.74 Å². The summed E-state index contributed by atoms with van der Waals surface area (Å²) >= 11 is 0. The molecule has 1 aliphatic rings. The first-order chi connectivity index (χ1) is 12.7. The van der Waals surface area contributed by atoms with E-state index in [-0.39, 0.29) is 12.5 Å². The number of imidazole rings is 1. The Labute approximate surface area is 148 Å². The molecule has 4 rings (SSSR count). The zero-order valence-electron chi connectivity index (χ0n) is 13.6. The molecule has 0 radical (unpaired) electrons. The van der Waals surface area contributed by atoms with Gasteiger partial charge in [-0.15, -0.1) is 0 Å². The standard InChI is InChI=1S/C17H15N5O4/c18-6-10-2-1-3-11(4-10)25-17-15-16(19-8-20-17)22(9-21-15)14-5-12(24)13(7-23)26-14/h1-4,8-9,12-14,23-24H,5,7H2/t12?,13-,14-/m1/s1. The molecule has 0 saturated carbocycles. The molecule has 3 atom stereocenters. The molecule has 0 bridgehead atoms. The molecule has 9 nitrogen and oxygen atoms in total. The summed E-state index contributed by atoms with van der Waals surface area (Å²) in [6, 6.07) is 8.77. The highest BCUT2D eigenvalue weighted by Crippen LogP contribution is 2.33. The Balaban J connectivity index is 1.66. The van der Waals surface area contributed by atoms with Gasteiger partial charge in [0.05, 0.1) is 30.7 Å². The summed E-state index contributed by atoms with van der Waals surface area (Å²) in [5.41, 5.74) is 1.39. The molecule has 1 saturated heterocycles. The molecule has 0 amide bonds. The summed E-state index contributed by atoms with van der Waals surface area (Å²) in [7, 11) is 0. The van der Waals surface area contributed by atoms with Gasteiger partial charge in [0.15, 0.2) is 11.2 Å². The van der Waals surface area contributed by atoms with Crippen molar-refractivity contribution in [2.24, 2.45) is 0 Å². The predicted octanol–water partition coefficient (Wildman–Crippen LogP) is 1.13. The monoisotopic (exact) mass is 353 g/mol. The Bertz CT molecular complexity index is 983. The third kappa shape index (κ3) is 2.86. The Kier molecular flexibility index (Phi) is 4.22. The second-order valence-corrected chi connectivity index (χ2v) is 5.86. The highest BCUT2D eigenvalue weighted by Gasteiger charge is 2.35. The molecule has 2 N–H and O–H groups in total. The topological polar surface area (TPSA) is 126 Å². The van der Waals surface area contributed by atoms with E-state index >= 15 is 0 Å². The molecule has 26 heavy (non-hydrogen) atoms. The van der Waals surface area contributed by atoms with E-state index in [0.29, 0.717) is 28.9 Å². The Morgan fingerprint density at radius 1 is 1.35 bits per heavy atom. The molecule has 132 valence electrons. The van der Waals surface area contributed by atoms with Crippen molar-refractivity contribution in [1.29, 1.82) is 5.26 Å². The maximum absolute atomic E-state index is 9.93. The number of nitriles is 1. The van der Waals surface area contributed by atoms with Gasteiger partial charge < -0.3 is 19.7 Å². The van der Waals surface area contributed by atoms with Gasteiger partial charge in [0.25, 0.3) is 5.88 Å². The van der Waals surface area contributed by atoms with Crippen molar-refractivity contribution in [1.82, 2.24) is 19.5 Å². The number of aliphatic hydroxyl groups excluding tert-OH is 2. The lowest BCUT2D eigenvalue weighted by Gasteiger charge is -2.13. The third-order valence-corrected chi connectivity index (χ3v) is 4.20. The highest BCUT2D eigenvalue weighted by molar-refractivity contribution is 5.76. The van der Waals surface area contributed by atoms with Crippen LogP contribution in [0.2, 0.25) is 0 Å². The minimum Gasteiger partial charge on any atom is -0.437 e. The van der Waals surface area contributed by atoms with Crippen LogP contribution in [0.15, 0.2) is 36.9 Å².